The summed E-state index contributed by atoms with van der Waals surface area (Å²) in [6, 6.07) is 5.84. The summed E-state index contributed by atoms with van der Waals surface area (Å²) in [6.07, 6.45) is -3.51. The molecule has 0 bridgehead atoms. The number of fused-ring (bicyclic) bond motifs is 1. The van der Waals surface area contributed by atoms with Crippen molar-refractivity contribution in [2.45, 2.75) is 50.8 Å². The molecule has 1 aliphatic carbocycles. The minimum atomic E-state index is -4.13. The van der Waals surface area contributed by atoms with Gasteiger partial charge in [-0.15, -0.1) is 0 Å². The second-order valence-electron chi connectivity index (χ2n) is 5.16. The first kappa shape index (κ1) is 13.4. The van der Waals surface area contributed by atoms with Crippen LogP contribution in [0.4, 0.5) is 13.2 Å². The highest BCUT2D eigenvalue weighted by molar-refractivity contribution is 5.39. The van der Waals surface area contributed by atoms with Gasteiger partial charge in [0, 0.05) is 6.42 Å². The minimum Gasteiger partial charge on any atom is -0.385 e. The minimum absolute atomic E-state index is 0.0205. The molecule has 1 atom stereocenters. The summed E-state index contributed by atoms with van der Waals surface area (Å²) < 4.78 is 36.4. The number of benzene rings is 1. The van der Waals surface area contributed by atoms with Gasteiger partial charge in [0.15, 0.2) is 0 Å². The lowest BCUT2D eigenvalue weighted by molar-refractivity contribution is -0.138. The molecule has 0 spiro atoms. The van der Waals surface area contributed by atoms with Gasteiger partial charge in [-0.3, -0.25) is 0 Å². The maximum absolute atomic E-state index is 12.1. The molecule has 0 amide bonds. The van der Waals surface area contributed by atoms with Crippen LogP contribution >= 0.6 is 0 Å². The molecule has 0 fully saturated rings. The van der Waals surface area contributed by atoms with Crippen LogP contribution in [-0.2, 0) is 12.0 Å². The summed E-state index contributed by atoms with van der Waals surface area (Å²) in [5.41, 5.74) is 1.86. The standard InChI is InChI=1S/C14H17F3O/c1-10-3-4-11-5-8-13(18,12(11)9-10)6-2-7-14(15,16)17/h3-4,9,18H,2,5-8H2,1H3. The molecule has 0 radical (unpaired) electrons. The van der Waals surface area contributed by atoms with Crippen LogP contribution in [-0.4, -0.2) is 11.3 Å². The first-order chi connectivity index (χ1) is 8.30. The summed E-state index contributed by atoms with van der Waals surface area (Å²) in [5, 5.41) is 10.5. The first-order valence-electron chi connectivity index (χ1n) is 6.19. The lowest BCUT2D eigenvalue weighted by Gasteiger charge is -2.24. The number of hydrogen-bond donors (Lipinski definition) is 1. The fourth-order valence-electron chi connectivity index (χ4n) is 2.66. The Morgan fingerprint density at radius 2 is 2.06 bits per heavy atom. The highest BCUT2D eigenvalue weighted by Gasteiger charge is 2.37. The lowest BCUT2D eigenvalue weighted by atomic mass is 9.89. The van der Waals surface area contributed by atoms with E-state index < -0.39 is 18.2 Å². The van der Waals surface area contributed by atoms with Gasteiger partial charge in [-0.1, -0.05) is 23.8 Å². The molecule has 1 aromatic carbocycles. The van der Waals surface area contributed by atoms with Crippen LogP contribution in [0.3, 0.4) is 0 Å². The molecule has 0 saturated carbocycles. The molecule has 1 unspecified atom stereocenters. The zero-order valence-electron chi connectivity index (χ0n) is 10.3. The van der Waals surface area contributed by atoms with Gasteiger partial charge in [0.05, 0.1) is 5.60 Å². The van der Waals surface area contributed by atoms with Crippen LogP contribution in [0.1, 0.15) is 42.4 Å². The van der Waals surface area contributed by atoms with E-state index in [-0.39, 0.29) is 12.8 Å². The molecule has 0 aliphatic heterocycles. The number of halogens is 3. The second-order valence-corrected chi connectivity index (χ2v) is 5.16. The van der Waals surface area contributed by atoms with Crippen molar-refractivity contribution >= 4 is 0 Å². The van der Waals surface area contributed by atoms with Gasteiger partial charge in [-0.05, 0) is 43.7 Å². The third kappa shape index (κ3) is 2.86. The highest BCUT2D eigenvalue weighted by atomic mass is 19.4. The second kappa shape index (κ2) is 4.57. The van der Waals surface area contributed by atoms with Gasteiger partial charge in [0.1, 0.15) is 0 Å². The van der Waals surface area contributed by atoms with Gasteiger partial charge in [-0.25, -0.2) is 0 Å². The van der Waals surface area contributed by atoms with Crippen molar-refractivity contribution < 1.29 is 18.3 Å². The maximum atomic E-state index is 12.1. The van der Waals surface area contributed by atoms with Crippen LogP contribution in [0.5, 0.6) is 0 Å². The topological polar surface area (TPSA) is 20.2 Å². The zero-order chi connectivity index (χ0) is 13.4. The van der Waals surface area contributed by atoms with E-state index in [4.69, 9.17) is 0 Å². The molecule has 1 aliphatic rings. The van der Waals surface area contributed by atoms with Gasteiger partial charge in [0.25, 0.3) is 0 Å². The van der Waals surface area contributed by atoms with Crippen LogP contribution in [0.25, 0.3) is 0 Å². The monoisotopic (exact) mass is 258 g/mol. The average molecular weight is 258 g/mol. The van der Waals surface area contributed by atoms with Crippen molar-refractivity contribution in [1.29, 1.82) is 0 Å². The largest absolute Gasteiger partial charge is 0.389 e. The normalized spacial score (nSPS) is 23.2. The Bertz CT molecular complexity index is 439. The summed E-state index contributed by atoms with van der Waals surface area (Å²) in [7, 11) is 0. The molecular formula is C14H17F3O. The summed E-state index contributed by atoms with van der Waals surface area (Å²) in [4.78, 5) is 0. The number of rotatable bonds is 3. The van der Waals surface area contributed by atoms with E-state index in [0.29, 0.717) is 6.42 Å². The molecule has 1 aromatic rings. The van der Waals surface area contributed by atoms with Crippen molar-refractivity contribution in [3.05, 3.63) is 34.9 Å². The van der Waals surface area contributed by atoms with Crippen molar-refractivity contribution in [3.63, 3.8) is 0 Å². The fraction of sp³-hybridized carbons (Fsp3) is 0.571. The highest BCUT2D eigenvalue weighted by Crippen LogP contribution is 2.41. The van der Waals surface area contributed by atoms with E-state index in [1.807, 2.05) is 25.1 Å². The van der Waals surface area contributed by atoms with E-state index >= 15 is 0 Å². The number of aryl methyl sites for hydroxylation is 2. The van der Waals surface area contributed by atoms with Crippen molar-refractivity contribution in [3.8, 4) is 0 Å². The third-order valence-electron chi connectivity index (χ3n) is 3.63. The molecular weight excluding hydrogens is 241 g/mol. The Labute approximate surface area is 105 Å². The Kier molecular flexibility index (Phi) is 3.41. The number of alkyl halides is 3. The van der Waals surface area contributed by atoms with Crippen LogP contribution in [0, 0.1) is 6.92 Å². The van der Waals surface area contributed by atoms with Crippen molar-refractivity contribution in [2.24, 2.45) is 0 Å². The fourth-order valence-corrected chi connectivity index (χ4v) is 2.66. The van der Waals surface area contributed by atoms with Crippen LogP contribution in [0.15, 0.2) is 18.2 Å². The third-order valence-corrected chi connectivity index (χ3v) is 3.63. The van der Waals surface area contributed by atoms with Gasteiger partial charge < -0.3 is 5.11 Å². The Hall–Kier alpha value is -1.03. The summed E-state index contributed by atoms with van der Waals surface area (Å²) >= 11 is 0. The Balaban J connectivity index is 2.08. The van der Waals surface area contributed by atoms with E-state index in [0.717, 1.165) is 23.1 Å². The van der Waals surface area contributed by atoms with E-state index in [1.54, 1.807) is 0 Å². The van der Waals surface area contributed by atoms with Crippen LogP contribution < -0.4 is 0 Å². The van der Waals surface area contributed by atoms with Gasteiger partial charge in [0.2, 0.25) is 0 Å². The molecule has 0 heterocycles. The molecule has 18 heavy (non-hydrogen) atoms. The SMILES string of the molecule is Cc1ccc2c(c1)C(O)(CCCC(F)(F)F)CC2. The molecule has 0 saturated heterocycles. The van der Waals surface area contributed by atoms with Crippen molar-refractivity contribution in [1.82, 2.24) is 0 Å². The lowest BCUT2D eigenvalue weighted by Crippen LogP contribution is -2.23. The van der Waals surface area contributed by atoms with E-state index in [1.165, 1.54) is 0 Å². The molecule has 1 N–H and O–H groups in total. The van der Waals surface area contributed by atoms with Gasteiger partial charge >= 0.3 is 6.18 Å². The predicted molar refractivity (Wildman–Crippen MR) is 63.3 cm³/mol. The van der Waals surface area contributed by atoms with E-state index in [9.17, 15) is 18.3 Å². The Morgan fingerprint density at radius 3 is 2.72 bits per heavy atom. The molecule has 2 rings (SSSR count). The first-order valence-corrected chi connectivity index (χ1v) is 6.19. The van der Waals surface area contributed by atoms with Gasteiger partial charge in [-0.2, -0.15) is 13.2 Å². The maximum Gasteiger partial charge on any atom is 0.389 e. The summed E-state index contributed by atoms with van der Waals surface area (Å²) in [5.74, 6) is 0. The average Bonchev–Trinajstić information content (AvgIpc) is 2.55. The number of aliphatic hydroxyl groups is 1. The predicted octanol–water partition coefficient (Wildman–Crippen LogP) is 3.86. The molecule has 1 nitrogen and oxygen atoms in total. The quantitative estimate of drug-likeness (QED) is 0.872. The van der Waals surface area contributed by atoms with Crippen LogP contribution in [0.2, 0.25) is 0 Å². The molecule has 4 heteroatoms. The smallest absolute Gasteiger partial charge is 0.385 e. The van der Waals surface area contributed by atoms with Crippen molar-refractivity contribution in [2.75, 3.05) is 0 Å². The molecule has 0 aromatic heterocycles. The zero-order valence-corrected chi connectivity index (χ0v) is 10.3. The Morgan fingerprint density at radius 1 is 1.33 bits per heavy atom. The summed E-state index contributed by atoms with van der Waals surface area (Å²) in [6.45, 7) is 1.93. The number of hydrogen-bond acceptors (Lipinski definition) is 1. The van der Waals surface area contributed by atoms with E-state index in [2.05, 4.69) is 0 Å². The molecule has 100 valence electrons.